The minimum atomic E-state index is 0. The second kappa shape index (κ2) is 121. The van der Waals surface area contributed by atoms with Crippen molar-refractivity contribution in [2.45, 2.75) is 0 Å². The van der Waals surface area contributed by atoms with Gasteiger partial charge in [-0.05, 0) is 0 Å². The van der Waals surface area contributed by atoms with Crippen LogP contribution in [0.4, 0.5) is 4.70 Å². The van der Waals surface area contributed by atoms with E-state index in [0.717, 1.165) is 0 Å². The maximum Gasteiger partial charge on any atom is 0.0527 e. The Balaban J connectivity index is -0.00000000167. The Hall–Kier alpha value is 0.740. The zero-order valence-electron chi connectivity index (χ0n) is 2.34. The van der Waals surface area contributed by atoms with Crippen molar-refractivity contribution in [3.8, 4) is 0 Å². The molecule has 0 saturated carbocycles. The lowest BCUT2D eigenvalue weighted by molar-refractivity contribution is 0.607. The second-order valence-electron chi connectivity index (χ2n) is 0. The van der Waals surface area contributed by atoms with Gasteiger partial charge in [-0.25, -0.2) is 0 Å². The molecule has 5 heteroatoms. The molecule has 0 radical (unpaired) electrons. The molecule has 0 heterocycles. The summed E-state index contributed by atoms with van der Waals surface area (Å²) in [6.07, 6.45) is 0. The Morgan fingerprint density at radius 1 is 1.00 bits per heavy atom. The Morgan fingerprint density at radius 2 is 1.00 bits per heavy atom. The van der Waals surface area contributed by atoms with E-state index in [-0.39, 0.29) is 29.5 Å². The molecule has 0 amide bonds. The molecule has 0 spiro atoms. The standard InChI is InChI=1S/2ClH.FH.H3OP/c;;;1-2/h3*1H;2H3. The summed E-state index contributed by atoms with van der Waals surface area (Å²) in [6, 6.07) is 0. The molecule has 0 aliphatic rings. The molecule has 0 aromatic heterocycles. The summed E-state index contributed by atoms with van der Waals surface area (Å²) in [5.41, 5.74) is 0. The van der Waals surface area contributed by atoms with Gasteiger partial charge in [-0.3, -0.25) is 4.70 Å². The van der Waals surface area contributed by atoms with Gasteiger partial charge in [0.15, 0.2) is 0 Å². The van der Waals surface area contributed by atoms with E-state index < -0.39 is 0 Å². The van der Waals surface area contributed by atoms with E-state index in [4.69, 9.17) is 4.57 Å². The molecule has 1 unspecified atom stereocenters. The van der Waals surface area contributed by atoms with Crippen molar-refractivity contribution in [2.75, 3.05) is 0 Å². The highest BCUT2D eigenvalue weighted by Crippen LogP contribution is 1.23. The van der Waals surface area contributed by atoms with Crippen molar-refractivity contribution in [2.24, 2.45) is 0 Å². The van der Waals surface area contributed by atoms with E-state index in [1.807, 2.05) is 0 Å². The van der Waals surface area contributed by atoms with Gasteiger partial charge in [-0.15, -0.1) is 24.8 Å². The monoisotopic (exact) mass is 142 g/mol. The van der Waals surface area contributed by atoms with Crippen molar-refractivity contribution in [3.63, 3.8) is 0 Å². The van der Waals surface area contributed by atoms with Gasteiger partial charge >= 0.3 is 0 Å². The zero-order valence-corrected chi connectivity index (χ0v) is 5.39. The Morgan fingerprint density at radius 3 is 1.00 bits per heavy atom. The molecule has 0 aromatic rings. The fourth-order valence-electron chi connectivity index (χ4n) is 0. The first kappa shape index (κ1) is 42.6. The van der Waals surface area contributed by atoms with Crippen molar-refractivity contribution >= 4 is 33.9 Å². The number of hydrogen-bond acceptors (Lipinski definition) is 1. The average Bonchev–Trinajstić information content (AvgIpc) is 1.00. The first-order chi connectivity index (χ1) is 1.00. The summed E-state index contributed by atoms with van der Waals surface area (Å²) in [4.78, 5) is 0. The van der Waals surface area contributed by atoms with Crippen molar-refractivity contribution in [3.05, 3.63) is 0 Å². The Kier molecular flexibility index (Phi) is 1030. The van der Waals surface area contributed by atoms with E-state index in [9.17, 15) is 0 Å². The third-order valence-corrected chi connectivity index (χ3v) is 0. The van der Waals surface area contributed by atoms with Crippen LogP contribution in [0.5, 0.6) is 0 Å². The van der Waals surface area contributed by atoms with E-state index in [1.165, 1.54) is 0 Å². The normalized spacial score (nSPS) is 1.60. The van der Waals surface area contributed by atoms with Gasteiger partial charge in [-0.2, -0.15) is 0 Å². The highest BCUT2D eigenvalue weighted by Gasteiger charge is 0.593. The minimum Gasteiger partial charge on any atom is -0.333 e. The molecule has 0 saturated heterocycles. The Bertz CT molecular complexity index is 9.61. The van der Waals surface area contributed by atoms with Crippen LogP contribution in [0.25, 0.3) is 0 Å². The number of hydrogen-bond donors (Lipinski definition) is 0. The SMILES string of the molecule is Cl.Cl.F.O=[PH3]. The maximum atomic E-state index is 8.28. The van der Waals surface area contributed by atoms with Gasteiger partial charge in [0, 0.05) is 0 Å². The van der Waals surface area contributed by atoms with Crippen LogP contribution < -0.4 is 0 Å². The molecular formula is H6Cl2FOP. The van der Waals surface area contributed by atoms with E-state index in [0.29, 0.717) is 9.12 Å². The maximum absolute atomic E-state index is 8.28. The first-order valence-corrected chi connectivity index (χ1v) is 0.866. The van der Waals surface area contributed by atoms with Gasteiger partial charge in [0.1, 0.15) is 0 Å². The van der Waals surface area contributed by atoms with E-state index in [2.05, 4.69) is 0 Å². The Labute approximate surface area is 43.9 Å². The van der Waals surface area contributed by atoms with Crippen LogP contribution in [-0.2, 0) is 4.57 Å². The predicted molar refractivity (Wildman–Crippen MR) is 28.8 cm³/mol. The lowest BCUT2D eigenvalue weighted by atomic mass is 16.0. The lowest BCUT2D eigenvalue weighted by Crippen LogP contribution is -0.489. The van der Waals surface area contributed by atoms with Crippen LogP contribution in [0.3, 0.4) is 0 Å². The van der Waals surface area contributed by atoms with Crippen molar-refractivity contribution < 1.29 is 9.27 Å². The minimum absolute atomic E-state index is 0. The third-order valence-electron chi connectivity index (χ3n) is 0. The van der Waals surface area contributed by atoms with Crippen LogP contribution >= 0.6 is 33.9 Å². The third kappa shape index (κ3) is 65.0. The van der Waals surface area contributed by atoms with Crippen LogP contribution in [-0.4, -0.2) is 0 Å². The fraction of sp³-hybridized carbons (Fsp3) is 0. The molecule has 1 nitrogen and oxygen atoms in total. The fourth-order valence-corrected chi connectivity index (χ4v) is 0. The smallest absolute Gasteiger partial charge is 0.0527 e. The molecule has 0 rings (SSSR count). The molecule has 38 valence electrons. The van der Waals surface area contributed by atoms with Gasteiger partial charge in [0.2, 0.25) is 0 Å². The molecule has 0 aliphatic heterocycles. The lowest BCUT2D eigenvalue weighted by Gasteiger charge is -0.873. The van der Waals surface area contributed by atoms with Crippen LogP contribution in [0.2, 0.25) is 0 Å². The van der Waals surface area contributed by atoms with Gasteiger partial charge < -0.3 is 4.57 Å². The summed E-state index contributed by atoms with van der Waals surface area (Å²) in [6.45, 7) is 0. The molecule has 0 N–H and O–H groups in total. The van der Waals surface area contributed by atoms with Gasteiger partial charge in [0.05, 0.1) is 9.12 Å². The molecule has 0 fully saturated rings. The van der Waals surface area contributed by atoms with Crippen LogP contribution in [0, 0.1) is 0 Å². The second-order valence-corrected chi connectivity index (χ2v) is 0. The van der Waals surface area contributed by atoms with Crippen molar-refractivity contribution in [1.29, 1.82) is 0 Å². The van der Waals surface area contributed by atoms with E-state index in [1.54, 1.807) is 0 Å². The molecule has 0 aliphatic carbocycles. The summed E-state index contributed by atoms with van der Waals surface area (Å²) < 4.78 is 8.28. The van der Waals surface area contributed by atoms with Gasteiger partial charge in [0.25, 0.3) is 0 Å². The summed E-state index contributed by atoms with van der Waals surface area (Å²) >= 11 is 0. The molecule has 1 atom stereocenters. The van der Waals surface area contributed by atoms with E-state index >= 15 is 0 Å². The highest BCUT2D eigenvalue weighted by molar-refractivity contribution is 7.00. The quantitative estimate of drug-likeness (QED) is 0.461. The van der Waals surface area contributed by atoms with Crippen molar-refractivity contribution in [1.82, 2.24) is 0 Å². The van der Waals surface area contributed by atoms with Crippen LogP contribution in [0.15, 0.2) is 0 Å². The summed E-state index contributed by atoms with van der Waals surface area (Å²) in [7, 11) is 0.611. The van der Waals surface area contributed by atoms with Gasteiger partial charge in [-0.1, -0.05) is 0 Å². The summed E-state index contributed by atoms with van der Waals surface area (Å²) in [5.74, 6) is 0. The zero-order chi connectivity index (χ0) is 2.00. The molecule has 5 heavy (non-hydrogen) atoms. The molecule has 0 aromatic carbocycles. The topological polar surface area (TPSA) is 17.1 Å². The largest absolute Gasteiger partial charge is 0.333 e. The van der Waals surface area contributed by atoms with Crippen LogP contribution in [0.1, 0.15) is 0 Å². The molecular weight excluding hydrogens is 137 g/mol. The number of halogens is 3. The highest BCUT2D eigenvalue weighted by atomic mass is 35.5. The first-order valence-electron chi connectivity index (χ1n) is 0.289. The molecule has 0 bridgehead atoms. The number of rotatable bonds is 0. The average molecular weight is 143 g/mol. The summed E-state index contributed by atoms with van der Waals surface area (Å²) in [5, 5.41) is 0. The predicted octanol–water partition coefficient (Wildman–Crippen LogP) is 0.935.